The normalized spacial score (nSPS) is 29.6. The van der Waals surface area contributed by atoms with Crippen LogP contribution in [-0.2, 0) is 9.47 Å². The number of fused-ring (bicyclic) bond motifs is 7. The van der Waals surface area contributed by atoms with E-state index in [0.29, 0.717) is 33.6 Å². The topological polar surface area (TPSA) is 52.6 Å². The summed E-state index contributed by atoms with van der Waals surface area (Å²) in [5.74, 6) is 4.85. The molecule has 4 heteroatoms. The van der Waals surface area contributed by atoms with Crippen molar-refractivity contribution in [3.63, 3.8) is 0 Å². The van der Waals surface area contributed by atoms with E-state index in [-0.39, 0.29) is 17.5 Å². The van der Waals surface area contributed by atoms with Crippen molar-refractivity contribution in [2.45, 2.75) is 118 Å². The maximum absolute atomic E-state index is 14.5. The number of allylic oxidation sites excluding steroid dienone is 1. The molecular weight excluding hydrogens is 689 g/mol. The summed E-state index contributed by atoms with van der Waals surface area (Å²) in [4.78, 5) is 27.7. The summed E-state index contributed by atoms with van der Waals surface area (Å²) in [6, 6.07) is 23.9. The molecule has 0 N–H and O–H groups in total. The second kappa shape index (κ2) is 15.4. The Morgan fingerprint density at radius 2 is 1.36 bits per heavy atom. The third-order valence-electron chi connectivity index (χ3n) is 16.2. The molecule has 0 unspecified atom stereocenters. The number of esters is 2. The van der Waals surface area contributed by atoms with Gasteiger partial charge in [-0.3, -0.25) is 0 Å². The number of hydrogen-bond donors (Lipinski definition) is 0. The Kier molecular flexibility index (Phi) is 10.7. The Morgan fingerprint density at radius 3 is 1.95 bits per heavy atom. The monoisotopic (exact) mass is 752 g/mol. The summed E-state index contributed by atoms with van der Waals surface area (Å²) in [5.41, 5.74) is 4.46. The zero-order valence-corrected chi connectivity index (χ0v) is 35.0. The molecule has 56 heavy (non-hydrogen) atoms. The average molecular weight is 753 g/mol. The molecule has 4 nitrogen and oxygen atoms in total. The molecule has 8 rings (SSSR count). The molecule has 4 aromatic rings. The molecule has 4 aromatic carbocycles. The number of carbonyl (C=O) groups is 2. The summed E-state index contributed by atoms with van der Waals surface area (Å²) in [7, 11) is 1.41. The zero-order chi connectivity index (χ0) is 39.4. The Morgan fingerprint density at radius 1 is 0.750 bits per heavy atom. The minimum Gasteiger partial charge on any atom is -0.465 e. The van der Waals surface area contributed by atoms with Gasteiger partial charge in [-0.1, -0.05) is 115 Å². The summed E-state index contributed by atoms with van der Waals surface area (Å²) in [5, 5.41) is 3.91. The van der Waals surface area contributed by atoms with Gasteiger partial charge in [-0.05, 0) is 161 Å². The van der Waals surface area contributed by atoms with Gasteiger partial charge in [0.25, 0.3) is 0 Å². The lowest BCUT2D eigenvalue weighted by Crippen LogP contribution is -2.51. The maximum Gasteiger partial charge on any atom is 0.339 e. The van der Waals surface area contributed by atoms with Crippen LogP contribution in [0, 0.1) is 52.3 Å². The minimum atomic E-state index is -0.426. The van der Waals surface area contributed by atoms with Crippen LogP contribution in [0.25, 0.3) is 32.7 Å². The van der Waals surface area contributed by atoms with Crippen molar-refractivity contribution in [2.24, 2.45) is 52.3 Å². The number of hydrogen-bond acceptors (Lipinski definition) is 4. The highest BCUT2D eigenvalue weighted by Crippen LogP contribution is 2.67. The lowest BCUT2D eigenvalue weighted by molar-refractivity contribution is -0.0596. The smallest absolute Gasteiger partial charge is 0.339 e. The van der Waals surface area contributed by atoms with Crippen LogP contribution in [0.15, 0.2) is 84.4 Å². The molecule has 0 saturated heterocycles. The van der Waals surface area contributed by atoms with Crippen LogP contribution in [-0.4, -0.2) is 25.2 Å². The molecule has 0 aliphatic heterocycles. The van der Waals surface area contributed by atoms with Gasteiger partial charge >= 0.3 is 11.9 Å². The van der Waals surface area contributed by atoms with E-state index in [1.807, 2.05) is 72.8 Å². The van der Waals surface area contributed by atoms with Crippen LogP contribution in [0.5, 0.6) is 0 Å². The van der Waals surface area contributed by atoms with Gasteiger partial charge in [-0.15, -0.1) is 0 Å². The van der Waals surface area contributed by atoms with Crippen molar-refractivity contribution in [3.05, 3.63) is 95.6 Å². The second-order valence-electron chi connectivity index (χ2n) is 19.2. The molecule has 4 aliphatic rings. The molecule has 0 heterocycles. The fraction of sp³-hybridized carbons (Fsp3) is 0.538. The van der Waals surface area contributed by atoms with Crippen LogP contribution in [0.4, 0.5) is 0 Å². The molecule has 0 amide bonds. The molecule has 0 aromatic heterocycles. The highest BCUT2D eigenvalue weighted by Gasteiger charge is 2.59. The molecule has 3 fully saturated rings. The number of rotatable bonds is 10. The highest BCUT2D eigenvalue weighted by atomic mass is 16.5. The molecule has 0 bridgehead atoms. The fourth-order valence-corrected chi connectivity index (χ4v) is 13.0. The minimum absolute atomic E-state index is 0.169. The van der Waals surface area contributed by atoms with E-state index in [4.69, 9.17) is 9.47 Å². The molecule has 296 valence electrons. The highest BCUT2D eigenvalue weighted by molar-refractivity contribution is 6.09. The van der Waals surface area contributed by atoms with E-state index in [1.165, 1.54) is 64.0 Å². The van der Waals surface area contributed by atoms with Gasteiger partial charge < -0.3 is 9.47 Å². The van der Waals surface area contributed by atoms with Crippen molar-refractivity contribution in [1.29, 1.82) is 0 Å². The first kappa shape index (κ1) is 38.9. The van der Waals surface area contributed by atoms with Crippen LogP contribution in [0.2, 0.25) is 0 Å². The Balaban J connectivity index is 1.02. The van der Waals surface area contributed by atoms with E-state index in [1.54, 1.807) is 0 Å². The van der Waals surface area contributed by atoms with Gasteiger partial charge in [0.15, 0.2) is 0 Å². The van der Waals surface area contributed by atoms with Gasteiger partial charge in [-0.2, -0.15) is 0 Å². The fourth-order valence-electron chi connectivity index (χ4n) is 13.0. The van der Waals surface area contributed by atoms with E-state index < -0.39 is 5.97 Å². The maximum atomic E-state index is 14.5. The number of methoxy groups -OCH3 is 1. The number of benzene rings is 4. The van der Waals surface area contributed by atoms with Gasteiger partial charge in [0, 0.05) is 6.42 Å². The summed E-state index contributed by atoms with van der Waals surface area (Å²) >= 11 is 0. The van der Waals surface area contributed by atoms with Crippen molar-refractivity contribution < 1.29 is 19.1 Å². The predicted molar refractivity (Wildman–Crippen MR) is 230 cm³/mol. The standard InChI is InChI=1S/C52H64O4/c1-8-34(32(2)3)18-17-33(4)46-21-22-47-41-20-19-39-31-40(23-25-51(39,5)48(41)24-26-52(46,47)6)56-50(54)45-30-38-16-12-10-14-36(38)28-43(45)42-27-35-13-9-11-15-37(35)29-44(42)49(53)55-7/h9-16,19,27-30,32-34,40-41,46-48H,8,17-18,20-26,31H2,1-7H3/t33-,34-,40+,41+,46-,47+,48+,51+,52-/m1/s1. The predicted octanol–water partition coefficient (Wildman–Crippen LogP) is 13.6. The van der Waals surface area contributed by atoms with E-state index in [0.717, 1.165) is 76.3 Å². The van der Waals surface area contributed by atoms with Crippen LogP contribution < -0.4 is 0 Å². The third-order valence-corrected chi connectivity index (χ3v) is 16.2. The summed E-state index contributed by atoms with van der Waals surface area (Å²) in [6.45, 7) is 15.0. The van der Waals surface area contributed by atoms with Gasteiger partial charge in [0.05, 0.1) is 18.2 Å². The van der Waals surface area contributed by atoms with Crippen LogP contribution >= 0.6 is 0 Å². The summed E-state index contributed by atoms with van der Waals surface area (Å²) in [6.07, 6.45) is 15.9. The van der Waals surface area contributed by atoms with E-state index >= 15 is 0 Å². The summed E-state index contributed by atoms with van der Waals surface area (Å²) < 4.78 is 11.8. The molecule has 4 aliphatic carbocycles. The first-order valence-corrected chi connectivity index (χ1v) is 22.0. The molecule has 0 spiro atoms. The lowest BCUT2D eigenvalue weighted by Gasteiger charge is -2.58. The van der Waals surface area contributed by atoms with Crippen LogP contribution in [0.3, 0.4) is 0 Å². The molecular formula is C52H64O4. The van der Waals surface area contributed by atoms with Crippen molar-refractivity contribution in [2.75, 3.05) is 7.11 Å². The lowest BCUT2D eigenvalue weighted by atomic mass is 9.47. The van der Waals surface area contributed by atoms with Gasteiger partial charge in [0.2, 0.25) is 0 Å². The van der Waals surface area contributed by atoms with Crippen molar-refractivity contribution in [3.8, 4) is 11.1 Å². The molecule has 0 radical (unpaired) electrons. The quantitative estimate of drug-likeness (QED) is 0.120. The number of carbonyl (C=O) groups excluding carboxylic acids is 2. The first-order chi connectivity index (χ1) is 26.9. The van der Waals surface area contributed by atoms with Crippen molar-refractivity contribution >= 4 is 33.5 Å². The zero-order valence-electron chi connectivity index (χ0n) is 35.0. The largest absolute Gasteiger partial charge is 0.465 e. The average Bonchev–Trinajstić information content (AvgIpc) is 3.57. The van der Waals surface area contributed by atoms with E-state index in [2.05, 4.69) is 47.6 Å². The van der Waals surface area contributed by atoms with Crippen molar-refractivity contribution in [1.82, 2.24) is 0 Å². The SMILES string of the molecule is CC[C@H](CC[C@@H](C)[C@H]1CC[C@H]2[C@@H]3CC=C4C[C@@H](OC(=O)c5cc6ccccc6cc5-c5cc6ccccc6cc5C(=O)OC)CC[C@]4(C)[C@H]3CC[C@]12C)C(C)C. The Bertz CT molecular complexity index is 2140. The molecule has 9 atom stereocenters. The Hall–Kier alpha value is -3.92. The van der Waals surface area contributed by atoms with E-state index in [9.17, 15) is 9.59 Å². The van der Waals surface area contributed by atoms with Gasteiger partial charge in [-0.25, -0.2) is 9.59 Å². The second-order valence-corrected chi connectivity index (χ2v) is 19.2. The first-order valence-electron chi connectivity index (χ1n) is 22.0. The molecule has 3 saturated carbocycles. The Labute approximate surface area is 335 Å². The van der Waals surface area contributed by atoms with Crippen LogP contribution in [0.1, 0.15) is 133 Å². The van der Waals surface area contributed by atoms with Gasteiger partial charge in [0.1, 0.15) is 6.10 Å². The number of ether oxygens (including phenoxy) is 2. The third kappa shape index (κ3) is 6.81.